The molecular formula is C13H14F2N2O2S. The van der Waals surface area contributed by atoms with Crippen LogP contribution in [0.15, 0.2) is 29.2 Å². The predicted molar refractivity (Wildman–Crippen MR) is 70.1 cm³/mol. The molecule has 0 saturated heterocycles. The summed E-state index contributed by atoms with van der Waals surface area (Å²) in [6.07, 6.45) is 0.225. The number of sulfone groups is 1. The molecule has 2 rings (SSSR count). The number of aromatic nitrogens is 2. The van der Waals surface area contributed by atoms with Crippen LogP contribution in [0.2, 0.25) is 0 Å². The Labute approximate surface area is 116 Å². The van der Waals surface area contributed by atoms with Crippen molar-refractivity contribution in [3.63, 3.8) is 0 Å². The lowest BCUT2D eigenvalue weighted by Gasteiger charge is -2.04. The third-order valence-electron chi connectivity index (χ3n) is 3.04. The Hall–Kier alpha value is -1.76. The summed E-state index contributed by atoms with van der Waals surface area (Å²) in [5, 5.41) is 4.16. The van der Waals surface area contributed by atoms with Crippen LogP contribution in [0.25, 0.3) is 0 Å². The summed E-state index contributed by atoms with van der Waals surface area (Å²) in [6.45, 7) is 1.86. The minimum Gasteiger partial charge on any atom is -0.273 e. The highest BCUT2D eigenvalue weighted by molar-refractivity contribution is 7.91. The van der Waals surface area contributed by atoms with Crippen LogP contribution < -0.4 is 0 Å². The average molecular weight is 300 g/mol. The number of nitrogens with zero attached hydrogens (tertiary/aromatic N) is 2. The molecule has 7 heteroatoms. The van der Waals surface area contributed by atoms with E-state index in [9.17, 15) is 17.2 Å². The fourth-order valence-electron chi connectivity index (χ4n) is 1.78. The molecule has 1 heterocycles. The molecule has 108 valence electrons. The molecule has 0 amide bonds. The molecule has 2 aromatic rings. The number of hydrogen-bond donors (Lipinski definition) is 0. The van der Waals surface area contributed by atoms with Gasteiger partial charge in [0.15, 0.2) is 21.5 Å². The van der Waals surface area contributed by atoms with Crippen molar-refractivity contribution in [1.29, 1.82) is 0 Å². The van der Waals surface area contributed by atoms with E-state index in [4.69, 9.17) is 0 Å². The van der Waals surface area contributed by atoms with Crippen LogP contribution in [0, 0.1) is 18.6 Å². The standard InChI is InChI=1S/C13H14F2N2O2S/c1-9-7-10(16-17(9)2)5-6-20(18,19)11-3-4-12(14)13(15)8-11/h3-4,7-8H,5-6H2,1-2H3. The Morgan fingerprint density at radius 2 is 1.90 bits per heavy atom. The molecule has 4 nitrogen and oxygen atoms in total. The molecule has 0 fully saturated rings. The summed E-state index contributed by atoms with van der Waals surface area (Å²) in [7, 11) is -1.89. The van der Waals surface area contributed by atoms with Crippen molar-refractivity contribution in [2.75, 3.05) is 5.75 Å². The summed E-state index contributed by atoms with van der Waals surface area (Å²) < 4.78 is 51.6. The Morgan fingerprint density at radius 1 is 1.20 bits per heavy atom. The highest BCUT2D eigenvalue weighted by atomic mass is 32.2. The monoisotopic (exact) mass is 300 g/mol. The zero-order chi connectivity index (χ0) is 14.9. The average Bonchev–Trinajstić information content (AvgIpc) is 2.70. The molecule has 1 aromatic carbocycles. The second-order valence-electron chi connectivity index (χ2n) is 4.55. The minimum atomic E-state index is -3.66. The molecule has 0 saturated carbocycles. The van der Waals surface area contributed by atoms with E-state index in [2.05, 4.69) is 5.10 Å². The van der Waals surface area contributed by atoms with E-state index in [0.29, 0.717) is 11.8 Å². The molecule has 0 unspecified atom stereocenters. The Bertz CT molecular complexity index is 719. The maximum absolute atomic E-state index is 13.1. The van der Waals surface area contributed by atoms with Crippen molar-refractivity contribution in [1.82, 2.24) is 9.78 Å². The van der Waals surface area contributed by atoms with Gasteiger partial charge in [-0.15, -0.1) is 0 Å². The first-order valence-electron chi connectivity index (χ1n) is 5.97. The smallest absolute Gasteiger partial charge is 0.178 e. The van der Waals surface area contributed by atoms with Crippen LogP contribution in [0.4, 0.5) is 8.78 Å². The SMILES string of the molecule is Cc1cc(CCS(=O)(=O)c2ccc(F)c(F)c2)nn1C. The molecule has 20 heavy (non-hydrogen) atoms. The maximum atomic E-state index is 13.1. The largest absolute Gasteiger partial charge is 0.273 e. The van der Waals surface area contributed by atoms with E-state index in [1.807, 2.05) is 6.92 Å². The van der Waals surface area contributed by atoms with Gasteiger partial charge in [0.2, 0.25) is 0 Å². The van der Waals surface area contributed by atoms with Gasteiger partial charge in [0, 0.05) is 19.2 Å². The highest BCUT2D eigenvalue weighted by Crippen LogP contribution is 2.16. The summed E-state index contributed by atoms with van der Waals surface area (Å²) in [5.74, 6) is -2.43. The van der Waals surface area contributed by atoms with Crippen LogP contribution in [0.5, 0.6) is 0 Å². The number of benzene rings is 1. The van der Waals surface area contributed by atoms with E-state index >= 15 is 0 Å². The van der Waals surface area contributed by atoms with Crippen LogP contribution in [0.3, 0.4) is 0 Å². The first-order valence-corrected chi connectivity index (χ1v) is 7.62. The maximum Gasteiger partial charge on any atom is 0.178 e. The first-order chi connectivity index (χ1) is 9.29. The fourth-order valence-corrected chi connectivity index (χ4v) is 3.06. The molecule has 0 aliphatic carbocycles. The van der Waals surface area contributed by atoms with Crippen molar-refractivity contribution < 1.29 is 17.2 Å². The van der Waals surface area contributed by atoms with Gasteiger partial charge in [0.05, 0.1) is 16.3 Å². The lowest BCUT2D eigenvalue weighted by molar-refractivity contribution is 0.504. The third-order valence-corrected chi connectivity index (χ3v) is 4.76. The topological polar surface area (TPSA) is 52.0 Å². The van der Waals surface area contributed by atoms with E-state index in [1.165, 1.54) is 0 Å². The van der Waals surface area contributed by atoms with Crippen molar-refractivity contribution in [2.45, 2.75) is 18.2 Å². The molecule has 0 aliphatic rings. The highest BCUT2D eigenvalue weighted by Gasteiger charge is 2.17. The summed E-state index contributed by atoms with van der Waals surface area (Å²) >= 11 is 0. The van der Waals surface area contributed by atoms with Gasteiger partial charge < -0.3 is 0 Å². The van der Waals surface area contributed by atoms with E-state index in [-0.39, 0.29) is 17.1 Å². The molecular weight excluding hydrogens is 286 g/mol. The molecule has 0 spiro atoms. The summed E-state index contributed by atoms with van der Waals surface area (Å²) in [4.78, 5) is -0.218. The minimum absolute atomic E-state index is 0.200. The molecule has 0 N–H and O–H groups in total. The van der Waals surface area contributed by atoms with Crippen molar-refractivity contribution in [3.05, 3.63) is 47.3 Å². The second-order valence-corrected chi connectivity index (χ2v) is 6.65. The Kier molecular flexibility index (Phi) is 3.89. The lowest BCUT2D eigenvalue weighted by Crippen LogP contribution is -2.10. The van der Waals surface area contributed by atoms with Crippen molar-refractivity contribution in [3.8, 4) is 0 Å². The van der Waals surface area contributed by atoms with Crippen LogP contribution in [-0.2, 0) is 23.3 Å². The van der Waals surface area contributed by atoms with E-state index < -0.39 is 21.5 Å². The fraction of sp³-hybridized carbons (Fsp3) is 0.308. The summed E-state index contributed by atoms with van der Waals surface area (Å²) in [5.41, 5.74) is 1.57. The lowest BCUT2D eigenvalue weighted by atomic mass is 10.3. The van der Waals surface area contributed by atoms with E-state index in [0.717, 1.165) is 17.8 Å². The van der Waals surface area contributed by atoms with Crippen LogP contribution in [-0.4, -0.2) is 24.0 Å². The van der Waals surface area contributed by atoms with Gasteiger partial charge in [-0.05, 0) is 31.2 Å². The van der Waals surface area contributed by atoms with Crippen LogP contribution in [0.1, 0.15) is 11.4 Å². The number of hydrogen-bond acceptors (Lipinski definition) is 3. The van der Waals surface area contributed by atoms with Gasteiger partial charge in [-0.25, -0.2) is 17.2 Å². The van der Waals surface area contributed by atoms with Gasteiger partial charge in [-0.3, -0.25) is 4.68 Å². The van der Waals surface area contributed by atoms with Crippen molar-refractivity contribution in [2.24, 2.45) is 7.05 Å². The number of aryl methyl sites for hydroxylation is 3. The quantitative estimate of drug-likeness (QED) is 0.812. The van der Waals surface area contributed by atoms with E-state index in [1.54, 1.807) is 17.8 Å². The molecule has 0 aliphatic heterocycles. The summed E-state index contributed by atoms with van der Waals surface area (Å²) in [6, 6.07) is 4.37. The molecule has 1 aromatic heterocycles. The van der Waals surface area contributed by atoms with Gasteiger partial charge >= 0.3 is 0 Å². The molecule has 0 radical (unpaired) electrons. The Morgan fingerprint density at radius 3 is 2.45 bits per heavy atom. The Balaban J connectivity index is 2.16. The zero-order valence-electron chi connectivity index (χ0n) is 11.1. The van der Waals surface area contributed by atoms with Gasteiger partial charge in [-0.1, -0.05) is 0 Å². The van der Waals surface area contributed by atoms with Gasteiger partial charge in [0.1, 0.15) is 0 Å². The predicted octanol–water partition coefficient (Wildman–Crippen LogP) is 2.02. The molecule has 0 atom stereocenters. The normalized spacial score (nSPS) is 11.8. The number of halogens is 2. The van der Waals surface area contributed by atoms with Gasteiger partial charge in [0.25, 0.3) is 0 Å². The zero-order valence-corrected chi connectivity index (χ0v) is 11.9. The molecule has 0 bridgehead atoms. The third kappa shape index (κ3) is 3.04. The number of rotatable bonds is 4. The van der Waals surface area contributed by atoms with Crippen LogP contribution >= 0.6 is 0 Å². The van der Waals surface area contributed by atoms with Gasteiger partial charge in [-0.2, -0.15) is 5.10 Å². The first kappa shape index (κ1) is 14.6. The second kappa shape index (κ2) is 5.32. The van der Waals surface area contributed by atoms with Crippen molar-refractivity contribution >= 4 is 9.84 Å².